The van der Waals surface area contributed by atoms with Crippen molar-refractivity contribution < 1.29 is 0 Å². The molecule has 0 bridgehead atoms. The molecule has 0 radical (unpaired) electrons. The highest BCUT2D eigenvalue weighted by molar-refractivity contribution is 7.99. The van der Waals surface area contributed by atoms with Gasteiger partial charge in [-0.05, 0) is 12.2 Å². The number of nitrogens with zero attached hydrogens (tertiary/aromatic N) is 1. The van der Waals surface area contributed by atoms with Crippen molar-refractivity contribution in [1.29, 1.82) is 0 Å². The van der Waals surface area contributed by atoms with Crippen molar-refractivity contribution in [3.05, 3.63) is 26.7 Å². The number of rotatable bonds is 1. The van der Waals surface area contributed by atoms with Crippen LogP contribution in [0.5, 0.6) is 0 Å². The Kier molecular flexibility index (Phi) is 2.13. The van der Waals surface area contributed by atoms with Crippen LogP contribution in [0.15, 0.2) is 9.59 Å². The Labute approximate surface area is 93.9 Å². The minimum Gasteiger partial charge on any atom is -0.336 e. The zero-order chi connectivity index (χ0) is 11.1. The summed E-state index contributed by atoms with van der Waals surface area (Å²) in [5, 5.41) is 0. The van der Waals surface area contributed by atoms with Crippen molar-refractivity contribution in [2.45, 2.75) is 12.3 Å². The lowest BCUT2D eigenvalue weighted by molar-refractivity contribution is 0.733. The van der Waals surface area contributed by atoms with Crippen LogP contribution in [0.1, 0.15) is 18.2 Å². The molecule has 0 spiro atoms. The molecule has 1 atom stereocenters. The Morgan fingerprint density at radius 2 is 2.12 bits per heavy atom. The molecule has 16 heavy (non-hydrogen) atoms. The predicted molar refractivity (Wildman–Crippen MR) is 62.0 cm³/mol. The first-order valence-corrected chi connectivity index (χ1v) is 6.19. The molecule has 6 nitrogen and oxygen atoms in total. The second kappa shape index (κ2) is 3.51. The third kappa shape index (κ3) is 1.47. The van der Waals surface area contributed by atoms with E-state index in [1.54, 1.807) is 0 Å². The molecule has 1 aliphatic rings. The monoisotopic (exact) mass is 238 g/mol. The van der Waals surface area contributed by atoms with Crippen LogP contribution in [0, 0.1) is 0 Å². The lowest BCUT2D eigenvalue weighted by Gasteiger charge is -2.01. The molecule has 1 fully saturated rings. The minimum atomic E-state index is -0.517. The highest BCUT2D eigenvalue weighted by atomic mass is 32.2. The fraction of sp³-hybridized carbons (Fsp3) is 0.444. The molecule has 1 unspecified atom stereocenters. The van der Waals surface area contributed by atoms with E-state index in [-0.39, 0.29) is 0 Å². The van der Waals surface area contributed by atoms with Crippen molar-refractivity contribution in [1.82, 2.24) is 19.9 Å². The molecule has 3 rings (SSSR count). The van der Waals surface area contributed by atoms with E-state index in [0.29, 0.717) is 17.1 Å². The van der Waals surface area contributed by atoms with Gasteiger partial charge in [-0.25, -0.2) is 9.78 Å². The molecule has 3 N–H and O–H groups in total. The summed E-state index contributed by atoms with van der Waals surface area (Å²) < 4.78 is 0. The maximum atomic E-state index is 11.5. The van der Waals surface area contributed by atoms with E-state index in [0.717, 1.165) is 23.8 Å². The molecule has 0 aliphatic carbocycles. The normalized spacial score (nSPS) is 20.6. The molecule has 2 aromatic rings. The van der Waals surface area contributed by atoms with Crippen molar-refractivity contribution in [3.63, 3.8) is 0 Å². The zero-order valence-electron chi connectivity index (χ0n) is 8.37. The van der Waals surface area contributed by atoms with Crippen molar-refractivity contribution in [3.8, 4) is 0 Å². The van der Waals surface area contributed by atoms with E-state index in [1.807, 2.05) is 11.8 Å². The molecule has 0 aromatic carbocycles. The number of hydrogen-bond acceptors (Lipinski definition) is 4. The lowest BCUT2D eigenvalue weighted by Crippen LogP contribution is -2.21. The molecule has 3 heterocycles. The van der Waals surface area contributed by atoms with Crippen LogP contribution >= 0.6 is 11.8 Å². The summed E-state index contributed by atoms with van der Waals surface area (Å²) in [5.41, 5.74) is -0.230. The standard InChI is InChI=1S/C9H10N4O2S/c14-8-5-7(12-9(15)13-8)11-6(10-5)4-1-2-16-3-4/h4H,1-3H2,(H3,10,11,12,13,14,15). The first-order chi connectivity index (χ1) is 7.74. The van der Waals surface area contributed by atoms with Crippen LogP contribution in [0.2, 0.25) is 0 Å². The summed E-state index contributed by atoms with van der Waals surface area (Å²) in [6, 6.07) is 0. The SMILES string of the molecule is O=c1[nH]c(=O)c2[nH]c(C3CCSC3)nc2[nH]1. The Morgan fingerprint density at radius 1 is 1.25 bits per heavy atom. The van der Waals surface area contributed by atoms with Crippen LogP contribution in [0.3, 0.4) is 0 Å². The topological polar surface area (TPSA) is 94.4 Å². The number of aromatic nitrogens is 4. The summed E-state index contributed by atoms with van der Waals surface area (Å²) in [7, 11) is 0. The van der Waals surface area contributed by atoms with Crippen LogP contribution in [0.25, 0.3) is 11.2 Å². The molecule has 1 aliphatic heterocycles. The average molecular weight is 238 g/mol. The number of nitrogens with one attached hydrogen (secondary N) is 3. The van der Waals surface area contributed by atoms with Gasteiger partial charge in [-0.1, -0.05) is 0 Å². The first-order valence-electron chi connectivity index (χ1n) is 5.04. The van der Waals surface area contributed by atoms with Crippen LogP contribution in [-0.2, 0) is 0 Å². The molecular weight excluding hydrogens is 228 g/mol. The van der Waals surface area contributed by atoms with Gasteiger partial charge in [-0.2, -0.15) is 11.8 Å². The van der Waals surface area contributed by atoms with Crippen molar-refractivity contribution in [2.24, 2.45) is 0 Å². The summed E-state index contributed by atoms with van der Waals surface area (Å²) in [5.74, 6) is 3.30. The van der Waals surface area contributed by atoms with E-state index in [4.69, 9.17) is 0 Å². The molecule has 1 saturated heterocycles. The number of thioether (sulfide) groups is 1. The highest BCUT2D eigenvalue weighted by Crippen LogP contribution is 2.30. The average Bonchev–Trinajstić information content (AvgIpc) is 2.82. The number of H-pyrrole nitrogens is 3. The van der Waals surface area contributed by atoms with Gasteiger partial charge in [-0.15, -0.1) is 0 Å². The highest BCUT2D eigenvalue weighted by Gasteiger charge is 2.21. The van der Waals surface area contributed by atoms with Gasteiger partial charge in [0.1, 0.15) is 11.3 Å². The Bertz CT molecular complexity index is 635. The van der Waals surface area contributed by atoms with Crippen LogP contribution in [-0.4, -0.2) is 31.4 Å². The summed E-state index contributed by atoms with van der Waals surface area (Å²) in [6.45, 7) is 0. The maximum absolute atomic E-state index is 11.5. The molecular formula is C9H10N4O2S. The summed E-state index contributed by atoms with van der Waals surface area (Å²) in [4.78, 5) is 34.5. The maximum Gasteiger partial charge on any atom is 0.327 e. The fourth-order valence-electron chi connectivity index (χ4n) is 1.89. The quantitative estimate of drug-likeness (QED) is 0.659. The van der Waals surface area contributed by atoms with Crippen LogP contribution < -0.4 is 11.2 Å². The van der Waals surface area contributed by atoms with Gasteiger partial charge in [0.15, 0.2) is 5.65 Å². The Balaban J connectivity index is 2.18. The predicted octanol–water partition coefficient (Wildman–Crippen LogP) is 0.160. The van der Waals surface area contributed by atoms with Gasteiger partial charge in [0, 0.05) is 11.7 Å². The van der Waals surface area contributed by atoms with Crippen molar-refractivity contribution in [2.75, 3.05) is 11.5 Å². The van der Waals surface area contributed by atoms with Gasteiger partial charge < -0.3 is 4.98 Å². The second-order valence-electron chi connectivity index (χ2n) is 3.81. The smallest absolute Gasteiger partial charge is 0.327 e. The van der Waals surface area contributed by atoms with Gasteiger partial charge in [0.25, 0.3) is 5.56 Å². The Hall–Kier alpha value is -1.50. The number of aromatic amines is 3. The molecule has 84 valence electrons. The van der Waals surface area contributed by atoms with Crippen LogP contribution in [0.4, 0.5) is 0 Å². The molecule has 0 saturated carbocycles. The van der Waals surface area contributed by atoms with E-state index in [2.05, 4.69) is 19.9 Å². The van der Waals surface area contributed by atoms with Gasteiger partial charge in [0.05, 0.1) is 0 Å². The van der Waals surface area contributed by atoms with E-state index in [9.17, 15) is 9.59 Å². The lowest BCUT2D eigenvalue weighted by atomic mass is 10.1. The summed E-state index contributed by atoms with van der Waals surface area (Å²) in [6.07, 6.45) is 1.06. The van der Waals surface area contributed by atoms with Gasteiger partial charge in [0.2, 0.25) is 0 Å². The van der Waals surface area contributed by atoms with E-state index >= 15 is 0 Å². The fourth-order valence-corrected chi connectivity index (χ4v) is 3.12. The molecule has 7 heteroatoms. The number of hydrogen-bond donors (Lipinski definition) is 3. The van der Waals surface area contributed by atoms with E-state index in [1.165, 1.54) is 0 Å². The number of imidazole rings is 1. The third-order valence-electron chi connectivity index (χ3n) is 2.72. The van der Waals surface area contributed by atoms with Gasteiger partial charge >= 0.3 is 5.69 Å². The van der Waals surface area contributed by atoms with Crippen molar-refractivity contribution >= 4 is 22.9 Å². The summed E-state index contributed by atoms with van der Waals surface area (Å²) >= 11 is 1.88. The van der Waals surface area contributed by atoms with Gasteiger partial charge in [-0.3, -0.25) is 14.8 Å². The minimum absolute atomic E-state index is 0.348. The largest absolute Gasteiger partial charge is 0.336 e. The van der Waals surface area contributed by atoms with E-state index < -0.39 is 11.2 Å². The third-order valence-corrected chi connectivity index (χ3v) is 3.89. The first kappa shape index (κ1) is 9.71. The molecule has 0 amide bonds. The molecule has 2 aromatic heterocycles. The second-order valence-corrected chi connectivity index (χ2v) is 4.96. The number of fused-ring (bicyclic) bond motifs is 1. The zero-order valence-corrected chi connectivity index (χ0v) is 9.19. The Morgan fingerprint density at radius 3 is 2.88 bits per heavy atom.